The molecule has 0 spiro atoms. The molecule has 0 bridgehead atoms. The van der Waals surface area contributed by atoms with E-state index >= 15 is 0 Å². The molecule has 0 saturated carbocycles. The van der Waals surface area contributed by atoms with Gasteiger partial charge in [-0.2, -0.15) is 0 Å². The van der Waals surface area contributed by atoms with Gasteiger partial charge in [-0.25, -0.2) is 4.79 Å². The monoisotopic (exact) mass is 288 g/mol. The van der Waals surface area contributed by atoms with Crippen molar-refractivity contribution >= 4 is 18.1 Å². The first-order chi connectivity index (χ1) is 10.2. The van der Waals surface area contributed by atoms with Crippen LogP contribution in [-0.4, -0.2) is 41.1 Å². The summed E-state index contributed by atoms with van der Waals surface area (Å²) in [6.07, 6.45) is 5.92. The molecule has 1 aliphatic heterocycles. The fraction of sp³-hybridized carbons (Fsp3) is 0.375. The van der Waals surface area contributed by atoms with E-state index in [1.54, 1.807) is 4.90 Å². The normalized spacial score (nSPS) is 18.1. The molecule has 2 rings (SSSR count). The van der Waals surface area contributed by atoms with Crippen LogP contribution >= 0.6 is 0 Å². The van der Waals surface area contributed by atoms with Crippen molar-refractivity contribution in [1.29, 1.82) is 0 Å². The predicted molar refractivity (Wildman–Crippen MR) is 80.9 cm³/mol. The fourth-order valence-corrected chi connectivity index (χ4v) is 2.41. The standard InChI is InChI=1S/C16H20N2O3/c19-15(20)10-11-17-16(21)18-12-4-7-14(18)9-8-13-5-2-1-3-6-13/h1-3,5-6,8-9,14H,4,7,10-12H2,(H,17,21)(H,19,20)/b9-8+. The first-order valence-electron chi connectivity index (χ1n) is 7.16. The molecule has 0 radical (unpaired) electrons. The van der Waals surface area contributed by atoms with Crippen molar-refractivity contribution in [3.63, 3.8) is 0 Å². The molecule has 1 heterocycles. The molecule has 1 aromatic rings. The van der Waals surface area contributed by atoms with Crippen molar-refractivity contribution in [2.75, 3.05) is 13.1 Å². The minimum atomic E-state index is -0.905. The molecule has 1 fully saturated rings. The van der Waals surface area contributed by atoms with Crippen LogP contribution in [0.2, 0.25) is 0 Å². The summed E-state index contributed by atoms with van der Waals surface area (Å²) in [5.74, 6) is -0.905. The van der Waals surface area contributed by atoms with Crippen molar-refractivity contribution in [3.05, 3.63) is 42.0 Å². The van der Waals surface area contributed by atoms with Crippen LogP contribution in [0.4, 0.5) is 4.79 Å². The van der Waals surface area contributed by atoms with Crippen molar-refractivity contribution in [3.8, 4) is 0 Å². The van der Waals surface area contributed by atoms with Crippen molar-refractivity contribution in [2.45, 2.75) is 25.3 Å². The molecule has 1 saturated heterocycles. The molecule has 2 amide bonds. The van der Waals surface area contributed by atoms with Crippen LogP contribution in [-0.2, 0) is 4.79 Å². The summed E-state index contributed by atoms with van der Waals surface area (Å²) in [5.41, 5.74) is 1.11. The molecular weight excluding hydrogens is 268 g/mol. The number of urea groups is 1. The molecule has 1 aromatic carbocycles. The Kier molecular flexibility index (Phi) is 5.37. The second kappa shape index (κ2) is 7.47. The highest BCUT2D eigenvalue weighted by molar-refractivity contribution is 5.76. The van der Waals surface area contributed by atoms with Crippen LogP contribution in [0, 0.1) is 0 Å². The van der Waals surface area contributed by atoms with E-state index < -0.39 is 5.97 Å². The van der Waals surface area contributed by atoms with E-state index in [9.17, 15) is 9.59 Å². The third-order valence-electron chi connectivity index (χ3n) is 3.49. The van der Waals surface area contributed by atoms with Gasteiger partial charge in [0.2, 0.25) is 0 Å². The van der Waals surface area contributed by atoms with Gasteiger partial charge in [-0.1, -0.05) is 42.5 Å². The molecular formula is C16H20N2O3. The topological polar surface area (TPSA) is 69.6 Å². The lowest BCUT2D eigenvalue weighted by molar-refractivity contribution is -0.136. The number of benzene rings is 1. The number of likely N-dealkylation sites (tertiary alicyclic amines) is 1. The van der Waals surface area contributed by atoms with Crippen molar-refractivity contribution in [2.24, 2.45) is 0 Å². The molecule has 21 heavy (non-hydrogen) atoms. The van der Waals surface area contributed by atoms with Gasteiger partial charge in [-0.15, -0.1) is 0 Å². The number of amides is 2. The molecule has 1 aliphatic rings. The lowest BCUT2D eigenvalue weighted by atomic mass is 10.1. The Balaban J connectivity index is 1.89. The van der Waals surface area contributed by atoms with E-state index in [1.165, 1.54) is 0 Å². The van der Waals surface area contributed by atoms with Gasteiger partial charge in [-0.3, -0.25) is 4.79 Å². The summed E-state index contributed by atoms with van der Waals surface area (Å²) in [5, 5.41) is 11.2. The number of hydrogen-bond donors (Lipinski definition) is 2. The zero-order chi connectivity index (χ0) is 15.1. The van der Waals surface area contributed by atoms with Gasteiger partial charge >= 0.3 is 12.0 Å². The van der Waals surface area contributed by atoms with Crippen LogP contribution in [0.1, 0.15) is 24.8 Å². The summed E-state index contributed by atoms with van der Waals surface area (Å²) in [6.45, 7) is 0.877. The molecule has 112 valence electrons. The van der Waals surface area contributed by atoms with Gasteiger partial charge in [0.15, 0.2) is 0 Å². The van der Waals surface area contributed by atoms with E-state index in [1.807, 2.05) is 42.5 Å². The van der Waals surface area contributed by atoms with E-state index in [0.717, 1.165) is 18.4 Å². The summed E-state index contributed by atoms with van der Waals surface area (Å²) in [7, 11) is 0. The number of carboxylic acid groups (broad SMARTS) is 1. The number of aliphatic carboxylic acids is 1. The number of rotatable bonds is 5. The first-order valence-corrected chi connectivity index (χ1v) is 7.16. The van der Waals surface area contributed by atoms with Gasteiger partial charge in [0, 0.05) is 13.1 Å². The lowest BCUT2D eigenvalue weighted by Crippen LogP contribution is -2.42. The van der Waals surface area contributed by atoms with Crippen LogP contribution in [0.15, 0.2) is 36.4 Å². The smallest absolute Gasteiger partial charge is 0.317 e. The Morgan fingerprint density at radius 1 is 1.33 bits per heavy atom. The number of nitrogens with one attached hydrogen (secondary N) is 1. The maximum absolute atomic E-state index is 12.0. The molecule has 5 heteroatoms. The maximum atomic E-state index is 12.0. The second-order valence-electron chi connectivity index (χ2n) is 5.05. The Hall–Kier alpha value is -2.30. The largest absolute Gasteiger partial charge is 0.481 e. The minimum absolute atomic E-state index is 0.0515. The highest BCUT2D eigenvalue weighted by atomic mass is 16.4. The second-order valence-corrected chi connectivity index (χ2v) is 5.05. The zero-order valence-electron chi connectivity index (χ0n) is 11.9. The van der Waals surface area contributed by atoms with Gasteiger partial charge in [-0.05, 0) is 18.4 Å². The third kappa shape index (κ3) is 4.63. The Morgan fingerprint density at radius 3 is 2.81 bits per heavy atom. The molecule has 1 unspecified atom stereocenters. The number of carbonyl (C=O) groups is 2. The SMILES string of the molecule is O=C(O)CCNC(=O)N1CCCC1/C=C/c1ccccc1. The number of nitrogens with zero attached hydrogens (tertiary/aromatic N) is 1. The molecule has 2 N–H and O–H groups in total. The summed E-state index contributed by atoms with van der Waals surface area (Å²) in [4.78, 5) is 24.3. The van der Waals surface area contributed by atoms with Gasteiger partial charge in [0.05, 0.1) is 12.5 Å². The zero-order valence-corrected chi connectivity index (χ0v) is 11.9. The maximum Gasteiger partial charge on any atom is 0.317 e. The number of carboxylic acids is 1. The number of carbonyl (C=O) groups excluding carboxylic acids is 1. The third-order valence-corrected chi connectivity index (χ3v) is 3.49. The Morgan fingerprint density at radius 2 is 2.10 bits per heavy atom. The van der Waals surface area contributed by atoms with Crippen LogP contribution < -0.4 is 5.32 Å². The van der Waals surface area contributed by atoms with E-state index in [4.69, 9.17) is 5.11 Å². The van der Waals surface area contributed by atoms with E-state index in [-0.39, 0.29) is 25.0 Å². The average molecular weight is 288 g/mol. The summed E-state index contributed by atoms with van der Waals surface area (Å²) in [6, 6.07) is 9.85. The summed E-state index contributed by atoms with van der Waals surface area (Å²) >= 11 is 0. The molecule has 5 nitrogen and oxygen atoms in total. The Bertz CT molecular complexity index is 514. The number of hydrogen-bond acceptors (Lipinski definition) is 2. The fourth-order valence-electron chi connectivity index (χ4n) is 2.41. The molecule has 0 aliphatic carbocycles. The van der Waals surface area contributed by atoms with Crippen LogP contribution in [0.3, 0.4) is 0 Å². The highest BCUT2D eigenvalue weighted by Gasteiger charge is 2.26. The van der Waals surface area contributed by atoms with E-state index in [0.29, 0.717) is 6.54 Å². The minimum Gasteiger partial charge on any atom is -0.481 e. The van der Waals surface area contributed by atoms with Crippen molar-refractivity contribution < 1.29 is 14.7 Å². The van der Waals surface area contributed by atoms with E-state index in [2.05, 4.69) is 5.32 Å². The first kappa shape index (κ1) is 15.1. The van der Waals surface area contributed by atoms with Gasteiger partial charge in [0.1, 0.15) is 0 Å². The molecule has 1 atom stereocenters. The van der Waals surface area contributed by atoms with Gasteiger partial charge < -0.3 is 15.3 Å². The predicted octanol–water partition coefficient (Wildman–Crippen LogP) is 2.35. The molecule has 0 aromatic heterocycles. The highest BCUT2D eigenvalue weighted by Crippen LogP contribution is 2.19. The Labute approximate surface area is 124 Å². The van der Waals surface area contributed by atoms with Gasteiger partial charge in [0.25, 0.3) is 0 Å². The average Bonchev–Trinajstić information content (AvgIpc) is 2.94. The quantitative estimate of drug-likeness (QED) is 0.873. The van der Waals surface area contributed by atoms with Crippen LogP contribution in [0.25, 0.3) is 6.08 Å². The lowest BCUT2D eigenvalue weighted by Gasteiger charge is -2.22. The van der Waals surface area contributed by atoms with Crippen molar-refractivity contribution in [1.82, 2.24) is 10.2 Å². The van der Waals surface area contributed by atoms with Crippen LogP contribution in [0.5, 0.6) is 0 Å². The summed E-state index contributed by atoms with van der Waals surface area (Å²) < 4.78 is 0.